The standard InChI is InChI=1S/C10H11ClFN5O3/c11-10-15-7(13)5-8(16-10)17(2-14-5)9-4(12)6(19)3(1-18)20-9/h2-4,6,9,18-19H,1H2,(H2,13,15,16)/t3-,4?,6+,9?/m1/s1. The zero-order valence-corrected chi connectivity index (χ0v) is 10.8. The Hall–Kier alpha value is -1.55. The maximum atomic E-state index is 14.1. The van der Waals surface area contributed by atoms with Crippen molar-refractivity contribution in [2.75, 3.05) is 12.3 Å². The molecular weight excluding hydrogens is 293 g/mol. The van der Waals surface area contributed by atoms with Crippen molar-refractivity contribution in [3.8, 4) is 0 Å². The fourth-order valence-corrected chi connectivity index (χ4v) is 2.35. The first-order chi connectivity index (χ1) is 9.52. The number of nitrogens with two attached hydrogens (primary N) is 1. The summed E-state index contributed by atoms with van der Waals surface area (Å²) in [7, 11) is 0. The molecule has 0 aliphatic carbocycles. The molecule has 4 N–H and O–H groups in total. The highest BCUT2D eigenvalue weighted by atomic mass is 35.5. The molecule has 2 unspecified atom stereocenters. The van der Waals surface area contributed by atoms with Gasteiger partial charge < -0.3 is 20.7 Å². The molecule has 20 heavy (non-hydrogen) atoms. The molecule has 4 atom stereocenters. The van der Waals surface area contributed by atoms with Gasteiger partial charge in [0.1, 0.15) is 17.7 Å². The Morgan fingerprint density at radius 1 is 1.50 bits per heavy atom. The first kappa shape index (κ1) is 13.4. The highest BCUT2D eigenvalue weighted by Gasteiger charge is 2.45. The van der Waals surface area contributed by atoms with E-state index < -0.39 is 31.2 Å². The van der Waals surface area contributed by atoms with E-state index in [2.05, 4.69) is 15.0 Å². The molecule has 3 rings (SSSR count). The van der Waals surface area contributed by atoms with Crippen molar-refractivity contribution in [3.63, 3.8) is 0 Å². The van der Waals surface area contributed by atoms with Crippen molar-refractivity contribution in [1.82, 2.24) is 19.5 Å². The fourth-order valence-electron chi connectivity index (χ4n) is 2.18. The van der Waals surface area contributed by atoms with E-state index in [0.29, 0.717) is 0 Å². The number of hydrogen-bond acceptors (Lipinski definition) is 7. The van der Waals surface area contributed by atoms with Crippen LogP contribution in [-0.4, -0.2) is 54.7 Å². The van der Waals surface area contributed by atoms with Gasteiger partial charge in [-0.3, -0.25) is 4.57 Å². The average Bonchev–Trinajstić information content (AvgIpc) is 2.93. The van der Waals surface area contributed by atoms with Crippen LogP contribution in [0.3, 0.4) is 0 Å². The van der Waals surface area contributed by atoms with Gasteiger partial charge in [0.05, 0.1) is 12.9 Å². The van der Waals surface area contributed by atoms with Crippen molar-refractivity contribution >= 4 is 28.6 Å². The van der Waals surface area contributed by atoms with Gasteiger partial charge in [-0.2, -0.15) is 9.97 Å². The average molecular weight is 304 g/mol. The van der Waals surface area contributed by atoms with Crippen molar-refractivity contribution in [3.05, 3.63) is 11.6 Å². The molecule has 2 aromatic rings. The third-order valence-electron chi connectivity index (χ3n) is 3.17. The summed E-state index contributed by atoms with van der Waals surface area (Å²) >= 11 is 5.71. The summed E-state index contributed by atoms with van der Waals surface area (Å²) in [6.07, 6.45) is -4.08. The summed E-state index contributed by atoms with van der Waals surface area (Å²) in [5, 5.41) is 18.6. The SMILES string of the molecule is Nc1nc(Cl)nc2c1ncn2C1O[C@H](CO)[C@H](O)C1F. The van der Waals surface area contributed by atoms with E-state index in [1.54, 1.807) is 0 Å². The molecule has 0 saturated carbocycles. The van der Waals surface area contributed by atoms with E-state index in [9.17, 15) is 9.50 Å². The molecule has 1 aliphatic rings. The number of aliphatic hydroxyl groups excluding tert-OH is 2. The second-order valence-electron chi connectivity index (χ2n) is 4.38. The van der Waals surface area contributed by atoms with Crippen molar-refractivity contribution < 1.29 is 19.3 Å². The fraction of sp³-hybridized carbons (Fsp3) is 0.500. The molecule has 3 heterocycles. The Morgan fingerprint density at radius 3 is 2.90 bits per heavy atom. The monoisotopic (exact) mass is 303 g/mol. The second kappa shape index (κ2) is 4.77. The lowest BCUT2D eigenvalue weighted by atomic mass is 10.1. The first-order valence-corrected chi connectivity index (χ1v) is 6.14. The lowest BCUT2D eigenvalue weighted by Crippen LogP contribution is -2.30. The third-order valence-corrected chi connectivity index (χ3v) is 3.34. The molecule has 8 nitrogen and oxygen atoms in total. The van der Waals surface area contributed by atoms with E-state index in [0.717, 1.165) is 0 Å². The van der Waals surface area contributed by atoms with Crippen LogP contribution in [0.1, 0.15) is 6.23 Å². The lowest BCUT2D eigenvalue weighted by molar-refractivity contribution is -0.0459. The summed E-state index contributed by atoms with van der Waals surface area (Å²) in [6.45, 7) is -0.497. The number of anilines is 1. The predicted molar refractivity (Wildman–Crippen MR) is 66.6 cm³/mol. The molecular formula is C10H11ClFN5O3. The quantitative estimate of drug-likeness (QED) is 0.649. The Bertz CT molecular complexity index is 653. The smallest absolute Gasteiger partial charge is 0.226 e. The van der Waals surface area contributed by atoms with Crippen LogP contribution < -0.4 is 5.73 Å². The van der Waals surface area contributed by atoms with Crippen LogP contribution in [0.2, 0.25) is 5.28 Å². The van der Waals surface area contributed by atoms with Crippen LogP contribution in [0.5, 0.6) is 0 Å². The molecule has 0 radical (unpaired) electrons. The largest absolute Gasteiger partial charge is 0.394 e. The predicted octanol–water partition coefficient (Wildman–Crippen LogP) is -0.349. The zero-order valence-electron chi connectivity index (χ0n) is 10.0. The van der Waals surface area contributed by atoms with Gasteiger partial charge in [0, 0.05) is 0 Å². The molecule has 0 amide bonds. The highest BCUT2D eigenvalue weighted by Crippen LogP contribution is 2.34. The van der Waals surface area contributed by atoms with Gasteiger partial charge in [0.2, 0.25) is 5.28 Å². The van der Waals surface area contributed by atoms with E-state index in [1.807, 2.05) is 0 Å². The lowest BCUT2D eigenvalue weighted by Gasteiger charge is -2.15. The molecule has 10 heteroatoms. The van der Waals surface area contributed by atoms with Gasteiger partial charge in [-0.25, -0.2) is 9.37 Å². The third kappa shape index (κ3) is 1.90. The number of hydrogen-bond donors (Lipinski definition) is 3. The minimum Gasteiger partial charge on any atom is -0.394 e. The molecule has 1 fully saturated rings. The normalized spacial score (nSPS) is 30.2. The summed E-state index contributed by atoms with van der Waals surface area (Å²) in [5.74, 6) is 0.0615. The van der Waals surface area contributed by atoms with Crippen LogP contribution >= 0.6 is 11.6 Å². The maximum absolute atomic E-state index is 14.1. The number of alkyl halides is 1. The van der Waals surface area contributed by atoms with E-state index in [1.165, 1.54) is 10.9 Å². The maximum Gasteiger partial charge on any atom is 0.226 e. The van der Waals surface area contributed by atoms with Gasteiger partial charge in [0.25, 0.3) is 0 Å². The van der Waals surface area contributed by atoms with E-state index in [4.69, 9.17) is 27.2 Å². The molecule has 0 bridgehead atoms. The number of rotatable bonds is 2. The van der Waals surface area contributed by atoms with E-state index in [-0.39, 0.29) is 22.3 Å². The van der Waals surface area contributed by atoms with Crippen molar-refractivity contribution in [2.45, 2.75) is 24.6 Å². The van der Waals surface area contributed by atoms with Crippen LogP contribution in [0.25, 0.3) is 11.2 Å². The number of aromatic nitrogens is 4. The molecule has 1 aliphatic heterocycles. The number of halogens is 2. The number of ether oxygens (including phenoxy) is 1. The number of nitrogen functional groups attached to an aromatic ring is 1. The van der Waals surface area contributed by atoms with Crippen LogP contribution in [0, 0.1) is 0 Å². The topological polar surface area (TPSA) is 119 Å². The van der Waals surface area contributed by atoms with Gasteiger partial charge in [-0.05, 0) is 11.6 Å². The Balaban J connectivity index is 2.07. The molecule has 0 spiro atoms. The Kier molecular flexibility index (Phi) is 3.21. The number of fused-ring (bicyclic) bond motifs is 1. The summed E-state index contributed by atoms with van der Waals surface area (Å²) in [6, 6.07) is 0. The summed E-state index contributed by atoms with van der Waals surface area (Å²) in [5.41, 5.74) is 6.10. The Labute approximate surface area is 117 Å². The van der Waals surface area contributed by atoms with Crippen LogP contribution in [-0.2, 0) is 4.74 Å². The minimum atomic E-state index is -1.74. The first-order valence-electron chi connectivity index (χ1n) is 5.77. The zero-order chi connectivity index (χ0) is 14.4. The van der Waals surface area contributed by atoms with Gasteiger partial charge >= 0.3 is 0 Å². The Morgan fingerprint density at radius 2 is 2.25 bits per heavy atom. The van der Waals surface area contributed by atoms with Crippen molar-refractivity contribution in [2.24, 2.45) is 0 Å². The van der Waals surface area contributed by atoms with E-state index >= 15 is 0 Å². The summed E-state index contributed by atoms with van der Waals surface area (Å²) in [4.78, 5) is 11.7. The number of aliphatic hydroxyl groups is 2. The van der Waals surface area contributed by atoms with Crippen LogP contribution in [0.15, 0.2) is 6.33 Å². The van der Waals surface area contributed by atoms with Gasteiger partial charge in [-0.15, -0.1) is 0 Å². The van der Waals surface area contributed by atoms with Gasteiger partial charge in [-0.1, -0.05) is 0 Å². The number of imidazole rings is 1. The van der Waals surface area contributed by atoms with Gasteiger partial charge in [0.15, 0.2) is 23.9 Å². The molecule has 108 valence electrons. The number of nitrogens with zero attached hydrogens (tertiary/aromatic N) is 4. The van der Waals surface area contributed by atoms with Crippen LogP contribution in [0.4, 0.5) is 10.2 Å². The summed E-state index contributed by atoms with van der Waals surface area (Å²) < 4.78 is 20.6. The highest BCUT2D eigenvalue weighted by molar-refractivity contribution is 6.28. The molecule has 2 aromatic heterocycles. The second-order valence-corrected chi connectivity index (χ2v) is 4.72. The molecule has 0 aromatic carbocycles. The minimum absolute atomic E-state index is 0.0615. The molecule has 1 saturated heterocycles. The van der Waals surface area contributed by atoms with Crippen molar-refractivity contribution in [1.29, 1.82) is 0 Å².